The predicted octanol–water partition coefficient (Wildman–Crippen LogP) is 2.74. The summed E-state index contributed by atoms with van der Waals surface area (Å²) in [6.07, 6.45) is 4.21. The van der Waals surface area contributed by atoms with Crippen molar-refractivity contribution >= 4 is 23.1 Å². The van der Waals surface area contributed by atoms with Crippen LogP contribution >= 0.6 is 0 Å². The second kappa shape index (κ2) is 9.43. The zero-order valence-electron chi connectivity index (χ0n) is 18.8. The largest absolute Gasteiger partial charge is 0.497 e. The van der Waals surface area contributed by atoms with Crippen LogP contribution in [0.1, 0.15) is 38.2 Å². The molecule has 1 aromatic carbocycles. The van der Waals surface area contributed by atoms with Crippen molar-refractivity contribution < 1.29 is 28.6 Å². The van der Waals surface area contributed by atoms with Gasteiger partial charge < -0.3 is 19.0 Å². The van der Waals surface area contributed by atoms with Gasteiger partial charge in [0.05, 0.1) is 25.6 Å². The predicted molar refractivity (Wildman–Crippen MR) is 116 cm³/mol. The van der Waals surface area contributed by atoms with Crippen molar-refractivity contribution in [3.63, 3.8) is 0 Å². The van der Waals surface area contributed by atoms with Crippen LogP contribution in [0.5, 0.6) is 11.5 Å². The number of methoxy groups -OCH3 is 2. The number of carbonyl (C=O) groups excluding carboxylic acids is 2. The molecule has 3 aromatic rings. The molecule has 0 spiro atoms. The van der Waals surface area contributed by atoms with Gasteiger partial charge in [-0.1, -0.05) is 12.8 Å². The number of carbonyl (C=O) groups is 2. The number of benzene rings is 1. The van der Waals surface area contributed by atoms with Crippen molar-refractivity contribution in [2.75, 3.05) is 14.2 Å². The van der Waals surface area contributed by atoms with Gasteiger partial charge in [-0.2, -0.15) is 0 Å². The highest BCUT2D eigenvalue weighted by molar-refractivity contribution is 5.85. The smallest absolute Gasteiger partial charge is 0.339 e. The van der Waals surface area contributed by atoms with E-state index in [1.54, 1.807) is 50.6 Å². The van der Waals surface area contributed by atoms with Gasteiger partial charge in [0.2, 0.25) is 5.65 Å². The van der Waals surface area contributed by atoms with Crippen molar-refractivity contribution in [2.45, 2.75) is 39.2 Å². The summed E-state index contributed by atoms with van der Waals surface area (Å²) >= 11 is 0. The van der Waals surface area contributed by atoms with E-state index < -0.39 is 23.3 Å². The molecule has 0 bridgehead atoms. The number of rotatable bonds is 7. The van der Waals surface area contributed by atoms with E-state index >= 15 is 0 Å². The summed E-state index contributed by atoms with van der Waals surface area (Å²) < 4.78 is 16.2. The van der Waals surface area contributed by atoms with Gasteiger partial charge in [-0.3, -0.25) is 4.79 Å². The Labute approximate surface area is 190 Å². The summed E-state index contributed by atoms with van der Waals surface area (Å²) in [5.41, 5.74) is 0.506. The Hall–Kier alpha value is -3.69. The summed E-state index contributed by atoms with van der Waals surface area (Å²) in [4.78, 5) is 36.9. The minimum absolute atomic E-state index is 0.0149. The first-order valence-electron chi connectivity index (χ1n) is 10.7. The number of aromatic nitrogens is 4. The van der Waals surface area contributed by atoms with Crippen LogP contribution in [-0.2, 0) is 20.9 Å². The number of hydrogen-bond donors (Lipinski definition) is 0. The quantitative estimate of drug-likeness (QED) is 0.392. The lowest BCUT2D eigenvalue weighted by molar-refractivity contribution is -0.173. The van der Waals surface area contributed by atoms with E-state index in [-0.39, 0.29) is 6.61 Å². The van der Waals surface area contributed by atoms with Gasteiger partial charge in [0.1, 0.15) is 23.6 Å². The maximum atomic E-state index is 13.2. The molecule has 0 N–H and O–H groups in total. The number of hydrogen-bond acceptors (Lipinski definition) is 9. The van der Waals surface area contributed by atoms with E-state index in [1.807, 2.05) is 0 Å². The highest BCUT2D eigenvalue weighted by Gasteiger charge is 2.49. The molecule has 0 aliphatic heterocycles. The van der Waals surface area contributed by atoms with E-state index in [1.165, 1.54) is 7.11 Å². The summed E-state index contributed by atoms with van der Waals surface area (Å²) in [6, 6.07) is 8.71. The molecule has 2 heterocycles. The molecule has 1 fully saturated rings. The third-order valence-corrected chi connectivity index (χ3v) is 6.17. The lowest BCUT2D eigenvalue weighted by Gasteiger charge is -2.37. The molecule has 0 saturated heterocycles. The fourth-order valence-corrected chi connectivity index (χ4v) is 4.19. The van der Waals surface area contributed by atoms with Crippen molar-refractivity contribution in [3.8, 4) is 11.5 Å². The van der Waals surface area contributed by atoms with Crippen LogP contribution in [0, 0.1) is 11.3 Å². The summed E-state index contributed by atoms with van der Waals surface area (Å²) in [7, 11) is 3.10. The van der Waals surface area contributed by atoms with Crippen LogP contribution in [0.4, 0.5) is 0 Å². The molecule has 1 saturated carbocycles. The number of fused-ring (bicyclic) bond motifs is 1. The Morgan fingerprint density at radius 2 is 2.03 bits per heavy atom. The second-order valence-corrected chi connectivity index (χ2v) is 8.19. The molecule has 0 unspecified atom stereocenters. The standard InChI is InChI=1S/C23H26N4O6/c1-23(22(29)32-14-15-9-10-16(30-2)13-19(15)31-3)11-5-4-7-17(23)21(28)33-27-20-18(25-26-27)8-6-12-24-20/h6,8-10,12-13,17H,4-5,7,11,14H2,1-3H3/t17-,23-/m0/s1. The number of pyridine rings is 1. The van der Waals surface area contributed by atoms with Gasteiger partial charge in [0.15, 0.2) is 0 Å². The van der Waals surface area contributed by atoms with E-state index in [4.69, 9.17) is 19.0 Å². The zero-order chi connectivity index (χ0) is 23.4. The Morgan fingerprint density at radius 1 is 1.18 bits per heavy atom. The highest BCUT2D eigenvalue weighted by Crippen LogP contribution is 2.43. The third-order valence-electron chi connectivity index (χ3n) is 6.17. The average molecular weight is 454 g/mol. The van der Waals surface area contributed by atoms with Crippen LogP contribution in [0.3, 0.4) is 0 Å². The number of esters is 1. The average Bonchev–Trinajstić information content (AvgIpc) is 3.25. The molecule has 0 radical (unpaired) electrons. The number of ether oxygens (including phenoxy) is 3. The van der Waals surface area contributed by atoms with Crippen LogP contribution < -0.4 is 14.3 Å². The lowest BCUT2D eigenvalue weighted by Crippen LogP contribution is -2.46. The van der Waals surface area contributed by atoms with E-state index in [9.17, 15) is 9.59 Å². The second-order valence-electron chi connectivity index (χ2n) is 8.19. The van der Waals surface area contributed by atoms with Crippen molar-refractivity contribution in [2.24, 2.45) is 11.3 Å². The van der Waals surface area contributed by atoms with Gasteiger partial charge >= 0.3 is 11.9 Å². The minimum atomic E-state index is -1.03. The highest BCUT2D eigenvalue weighted by atomic mass is 16.7. The first kappa shape index (κ1) is 22.5. The summed E-state index contributed by atoms with van der Waals surface area (Å²) in [5.74, 6) is -0.506. The Morgan fingerprint density at radius 3 is 2.82 bits per heavy atom. The summed E-state index contributed by atoms with van der Waals surface area (Å²) in [6.45, 7) is 1.77. The van der Waals surface area contributed by atoms with Crippen molar-refractivity contribution in [1.29, 1.82) is 0 Å². The summed E-state index contributed by atoms with van der Waals surface area (Å²) in [5, 5.41) is 7.79. The molecule has 10 nitrogen and oxygen atoms in total. The van der Waals surface area contributed by atoms with Gasteiger partial charge in [0.25, 0.3) is 0 Å². The zero-order valence-corrected chi connectivity index (χ0v) is 18.8. The number of nitrogens with zero attached hydrogens (tertiary/aromatic N) is 4. The van der Waals surface area contributed by atoms with Crippen molar-refractivity contribution in [1.82, 2.24) is 20.1 Å². The normalized spacial score (nSPS) is 20.3. The fourth-order valence-electron chi connectivity index (χ4n) is 4.19. The first-order chi connectivity index (χ1) is 16.0. The molecular weight excluding hydrogens is 428 g/mol. The van der Waals surface area contributed by atoms with Gasteiger partial charge in [-0.15, -0.1) is 5.10 Å². The first-order valence-corrected chi connectivity index (χ1v) is 10.7. The van der Waals surface area contributed by atoms with E-state index in [0.717, 1.165) is 17.7 Å². The molecule has 4 rings (SSSR count). The van der Waals surface area contributed by atoms with Crippen molar-refractivity contribution in [3.05, 3.63) is 42.1 Å². The van der Waals surface area contributed by atoms with Gasteiger partial charge in [-0.05, 0) is 54.1 Å². The van der Waals surface area contributed by atoms with Gasteiger partial charge in [0, 0.05) is 17.8 Å². The van der Waals surface area contributed by atoms with Crippen LogP contribution in [-0.4, -0.2) is 46.3 Å². The topological polar surface area (TPSA) is 115 Å². The Balaban J connectivity index is 1.49. The lowest BCUT2D eigenvalue weighted by atomic mass is 9.67. The third kappa shape index (κ3) is 4.46. The van der Waals surface area contributed by atoms with Crippen LogP contribution in [0.15, 0.2) is 36.5 Å². The SMILES string of the molecule is COc1ccc(COC(=O)[C@@]2(C)CCCC[C@H]2C(=O)On2nnc3cccnc32)c(OC)c1. The molecule has 1 aliphatic carbocycles. The molecule has 0 amide bonds. The molecule has 174 valence electrons. The van der Waals surface area contributed by atoms with Crippen LogP contribution in [0.2, 0.25) is 0 Å². The van der Waals surface area contributed by atoms with Gasteiger partial charge in [-0.25, -0.2) is 9.78 Å². The van der Waals surface area contributed by atoms with E-state index in [2.05, 4.69) is 15.3 Å². The van der Waals surface area contributed by atoms with Crippen LogP contribution in [0.25, 0.3) is 11.2 Å². The maximum absolute atomic E-state index is 13.2. The van der Waals surface area contributed by atoms with E-state index in [0.29, 0.717) is 41.1 Å². The Kier molecular flexibility index (Phi) is 6.43. The monoisotopic (exact) mass is 454 g/mol. The fraction of sp³-hybridized carbons (Fsp3) is 0.435. The maximum Gasteiger partial charge on any atom is 0.339 e. The molecule has 1 aliphatic rings. The molecule has 33 heavy (non-hydrogen) atoms. The molecule has 2 aromatic heterocycles. The Bertz CT molecular complexity index is 1160. The molecule has 2 atom stereocenters. The molecular formula is C23H26N4O6. The minimum Gasteiger partial charge on any atom is -0.497 e. The molecule has 10 heteroatoms.